The van der Waals surface area contributed by atoms with Gasteiger partial charge in [-0.05, 0) is 55.7 Å². The highest BCUT2D eigenvalue weighted by Gasteiger charge is 2.21. The standard InChI is InChI=1S/C32H27F2N5O2/c1-18-6-9-35-28(12-18)31-19(2)32(30-24(34)13-22(33)14-27(30)39-31)38-26-15-25(20-7-10-41-11-8-20)36-17-23(26)21-4-5-29(40-3)37-16-21/h4-7,9,12-17H,8,10-11H2,1-3H3,(H,36,38,39). The van der Waals surface area contributed by atoms with Gasteiger partial charge in [0.15, 0.2) is 0 Å². The summed E-state index contributed by atoms with van der Waals surface area (Å²) in [4.78, 5) is 18.3. The first-order chi connectivity index (χ1) is 19.9. The number of halogens is 2. The van der Waals surface area contributed by atoms with E-state index in [4.69, 9.17) is 14.5 Å². The van der Waals surface area contributed by atoms with Gasteiger partial charge in [-0.2, -0.15) is 0 Å². The molecule has 0 amide bonds. The molecule has 1 aliphatic heterocycles. The summed E-state index contributed by atoms with van der Waals surface area (Å²) in [6, 6.07) is 11.5. The van der Waals surface area contributed by atoms with E-state index < -0.39 is 11.6 Å². The van der Waals surface area contributed by atoms with Crippen molar-refractivity contribution in [1.29, 1.82) is 0 Å². The fourth-order valence-electron chi connectivity index (χ4n) is 5.00. The Labute approximate surface area is 235 Å². The minimum Gasteiger partial charge on any atom is -0.481 e. The monoisotopic (exact) mass is 551 g/mol. The molecule has 0 radical (unpaired) electrons. The predicted molar refractivity (Wildman–Crippen MR) is 155 cm³/mol. The quantitative estimate of drug-likeness (QED) is 0.239. The summed E-state index contributed by atoms with van der Waals surface area (Å²) < 4.78 is 40.6. The summed E-state index contributed by atoms with van der Waals surface area (Å²) in [5, 5.41) is 3.67. The fraction of sp³-hybridized carbons (Fsp3) is 0.188. The molecule has 4 aromatic heterocycles. The summed E-state index contributed by atoms with van der Waals surface area (Å²) in [5.74, 6) is -0.936. The van der Waals surface area contributed by atoms with Crippen molar-refractivity contribution in [2.24, 2.45) is 0 Å². The van der Waals surface area contributed by atoms with E-state index in [1.54, 1.807) is 31.8 Å². The number of aryl methyl sites for hydroxylation is 1. The molecule has 206 valence electrons. The summed E-state index contributed by atoms with van der Waals surface area (Å²) >= 11 is 0. The number of benzene rings is 1. The maximum atomic E-state index is 15.5. The first kappa shape index (κ1) is 26.5. The Bertz CT molecular complexity index is 1810. The minimum absolute atomic E-state index is 0.183. The van der Waals surface area contributed by atoms with Crippen LogP contribution in [0.1, 0.15) is 23.2 Å². The number of hydrogen-bond donors (Lipinski definition) is 1. The van der Waals surface area contributed by atoms with Crippen LogP contribution in [0.25, 0.3) is 39.0 Å². The third-order valence-corrected chi connectivity index (χ3v) is 7.12. The number of methoxy groups -OCH3 is 1. The Morgan fingerprint density at radius 2 is 1.83 bits per heavy atom. The number of ether oxygens (including phenoxy) is 2. The zero-order chi connectivity index (χ0) is 28.5. The molecule has 6 rings (SSSR count). The number of nitrogens with zero attached hydrogens (tertiary/aromatic N) is 4. The van der Waals surface area contributed by atoms with Gasteiger partial charge < -0.3 is 14.8 Å². The molecular weight excluding hydrogens is 524 g/mol. The molecule has 9 heteroatoms. The molecular formula is C32H27F2N5O2. The first-order valence-corrected chi connectivity index (χ1v) is 13.2. The number of aromatic nitrogens is 4. The van der Waals surface area contributed by atoms with Gasteiger partial charge in [-0.3, -0.25) is 9.97 Å². The van der Waals surface area contributed by atoms with Crippen molar-refractivity contribution >= 4 is 27.9 Å². The van der Waals surface area contributed by atoms with E-state index >= 15 is 4.39 Å². The summed E-state index contributed by atoms with van der Waals surface area (Å²) in [7, 11) is 1.56. The van der Waals surface area contributed by atoms with Crippen molar-refractivity contribution < 1.29 is 18.3 Å². The van der Waals surface area contributed by atoms with Crippen molar-refractivity contribution in [3.05, 3.63) is 95.6 Å². The SMILES string of the molecule is COc1ccc(-c2cnc(C3=CCOCC3)cc2Nc2c(C)c(-c3cc(C)ccn3)nc3cc(F)cc(F)c23)cn1. The average Bonchev–Trinajstić information content (AvgIpc) is 2.98. The van der Waals surface area contributed by atoms with Crippen LogP contribution in [0.3, 0.4) is 0 Å². The molecule has 1 N–H and O–H groups in total. The van der Waals surface area contributed by atoms with Gasteiger partial charge in [0.1, 0.15) is 11.6 Å². The number of nitrogens with one attached hydrogen (secondary N) is 1. The van der Waals surface area contributed by atoms with Crippen molar-refractivity contribution in [2.75, 3.05) is 25.6 Å². The van der Waals surface area contributed by atoms with Crippen molar-refractivity contribution in [3.63, 3.8) is 0 Å². The molecule has 7 nitrogen and oxygen atoms in total. The molecule has 0 saturated carbocycles. The van der Waals surface area contributed by atoms with Crippen LogP contribution >= 0.6 is 0 Å². The Kier molecular flexibility index (Phi) is 7.11. The van der Waals surface area contributed by atoms with Crippen LogP contribution in [0.15, 0.2) is 67.1 Å². The number of anilines is 2. The summed E-state index contributed by atoms with van der Waals surface area (Å²) in [5.41, 5.74) is 7.51. The zero-order valence-electron chi connectivity index (χ0n) is 22.8. The first-order valence-electron chi connectivity index (χ1n) is 13.2. The van der Waals surface area contributed by atoms with E-state index in [1.807, 2.05) is 44.2 Å². The van der Waals surface area contributed by atoms with Gasteiger partial charge in [0.25, 0.3) is 0 Å². The van der Waals surface area contributed by atoms with Crippen molar-refractivity contribution in [1.82, 2.24) is 19.9 Å². The van der Waals surface area contributed by atoms with Gasteiger partial charge in [0, 0.05) is 53.5 Å². The fourth-order valence-corrected chi connectivity index (χ4v) is 5.00. The summed E-state index contributed by atoms with van der Waals surface area (Å²) in [6.07, 6.45) is 7.91. The molecule has 41 heavy (non-hydrogen) atoms. The van der Waals surface area contributed by atoms with E-state index in [0.29, 0.717) is 47.4 Å². The van der Waals surface area contributed by atoms with Crippen LogP contribution in [0.2, 0.25) is 0 Å². The lowest BCUT2D eigenvalue weighted by Gasteiger charge is -2.20. The molecule has 0 bridgehead atoms. The molecule has 1 aliphatic rings. The highest BCUT2D eigenvalue weighted by atomic mass is 19.1. The summed E-state index contributed by atoms with van der Waals surface area (Å²) in [6.45, 7) is 4.94. The molecule has 0 fully saturated rings. The maximum Gasteiger partial charge on any atom is 0.212 e. The minimum atomic E-state index is -0.712. The largest absolute Gasteiger partial charge is 0.481 e. The van der Waals surface area contributed by atoms with E-state index in [1.165, 1.54) is 6.07 Å². The number of hydrogen-bond acceptors (Lipinski definition) is 7. The lowest BCUT2D eigenvalue weighted by atomic mass is 10.0. The van der Waals surface area contributed by atoms with Crippen LogP contribution in [0.4, 0.5) is 20.2 Å². The highest BCUT2D eigenvalue weighted by Crippen LogP contribution is 2.40. The lowest BCUT2D eigenvalue weighted by molar-refractivity contribution is 0.161. The van der Waals surface area contributed by atoms with Gasteiger partial charge >= 0.3 is 0 Å². The highest BCUT2D eigenvalue weighted by molar-refractivity contribution is 5.99. The molecule has 0 atom stereocenters. The molecule has 0 saturated heterocycles. The second kappa shape index (κ2) is 11.0. The lowest BCUT2D eigenvalue weighted by Crippen LogP contribution is -2.07. The number of fused-ring (bicyclic) bond motifs is 1. The zero-order valence-corrected chi connectivity index (χ0v) is 22.8. The third kappa shape index (κ3) is 5.24. The van der Waals surface area contributed by atoms with Crippen LogP contribution in [0, 0.1) is 25.5 Å². The number of pyridine rings is 4. The topological polar surface area (TPSA) is 82.0 Å². The van der Waals surface area contributed by atoms with E-state index in [2.05, 4.69) is 20.3 Å². The van der Waals surface area contributed by atoms with E-state index in [0.717, 1.165) is 40.4 Å². The van der Waals surface area contributed by atoms with Crippen LogP contribution in [0.5, 0.6) is 5.88 Å². The Balaban J connectivity index is 1.58. The van der Waals surface area contributed by atoms with Crippen LogP contribution < -0.4 is 10.1 Å². The molecule has 0 aliphatic carbocycles. The van der Waals surface area contributed by atoms with Gasteiger partial charge in [0.05, 0.1) is 59.7 Å². The normalized spacial score (nSPS) is 13.2. The average molecular weight is 552 g/mol. The predicted octanol–water partition coefficient (Wildman–Crippen LogP) is 7.20. The van der Waals surface area contributed by atoms with E-state index in [-0.39, 0.29) is 10.9 Å². The molecule has 5 aromatic rings. The van der Waals surface area contributed by atoms with E-state index in [9.17, 15) is 4.39 Å². The van der Waals surface area contributed by atoms with Crippen molar-refractivity contribution in [3.8, 4) is 28.4 Å². The molecule has 5 heterocycles. The maximum absolute atomic E-state index is 15.5. The second-order valence-corrected chi connectivity index (χ2v) is 9.84. The Morgan fingerprint density at radius 1 is 0.951 bits per heavy atom. The van der Waals surface area contributed by atoms with Crippen LogP contribution in [-0.4, -0.2) is 40.3 Å². The smallest absolute Gasteiger partial charge is 0.212 e. The molecule has 0 spiro atoms. The van der Waals surface area contributed by atoms with Crippen LogP contribution in [-0.2, 0) is 4.74 Å². The number of rotatable bonds is 6. The molecule has 0 unspecified atom stereocenters. The Hall–Kier alpha value is -4.76. The second-order valence-electron chi connectivity index (χ2n) is 9.84. The Morgan fingerprint density at radius 3 is 2.56 bits per heavy atom. The van der Waals surface area contributed by atoms with Gasteiger partial charge in [-0.25, -0.2) is 18.7 Å². The van der Waals surface area contributed by atoms with Gasteiger partial charge in [-0.15, -0.1) is 0 Å². The third-order valence-electron chi connectivity index (χ3n) is 7.12. The molecule has 1 aromatic carbocycles. The van der Waals surface area contributed by atoms with Gasteiger partial charge in [0.2, 0.25) is 5.88 Å². The van der Waals surface area contributed by atoms with Gasteiger partial charge in [-0.1, -0.05) is 6.08 Å². The van der Waals surface area contributed by atoms with Crippen molar-refractivity contribution in [2.45, 2.75) is 20.3 Å².